The van der Waals surface area contributed by atoms with Crippen molar-refractivity contribution in [1.82, 2.24) is 9.99 Å². The van der Waals surface area contributed by atoms with E-state index < -0.39 is 11.9 Å². The molecule has 10 heteroatoms. The minimum atomic E-state index is -1.06. The van der Waals surface area contributed by atoms with Crippen LogP contribution in [0, 0.1) is 0 Å². The molecule has 0 spiro atoms. The zero-order chi connectivity index (χ0) is 21.0. The average molecular weight is 450 g/mol. The molecule has 29 heavy (non-hydrogen) atoms. The molecule has 0 unspecified atom stereocenters. The number of nitrogens with one attached hydrogen (secondary N) is 1. The molecule has 2 N–H and O–H groups in total. The summed E-state index contributed by atoms with van der Waals surface area (Å²) in [6, 6.07) is 12.5. The lowest BCUT2D eigenvalue weighted by molar-refractivity contribution is 0.0696. The van der Waals surface area contributed by atoms with Gasteiger partial charge >= 0.3 is 10.8 Å². The Bertz CT molecular complexity index is 1150. The molecule has 1 heterocycles. The van der Waals surface area contributed by atoms with E-state index in [1.54, 1.807) is 36.4 Å². The number of aromatic carboxylic acids is 1. The van der Waals surface area contributed by atoms with Gasteiger partial charge in [-0.2, -0.15) is 5.10 Å². The van der Waals surface area contributed by atoms with Gasteiger partial charge in [0.1, 0.15) is 5.15 Å². The Kier molecular flexibility index (Phi) is 6.48. The molecular weight excluding hydrogens is 437 g/mol. The second-order valence-electron chi connectivity index (χ2n) is 5.82. The smallest absolute Gasteiger partial charge is 0.335 e. The Labute approximate surface area is 178 Å². The van der Waals surface area contributed by atoms with Crippen molar-refractivity contribution in [2.45, 2.75) is 6.54 Å². The summed E-state index contributed by atoms with van der Waals surface area (Å²) in [5, 5.41) is 13.6. The molecule has 0 aliphatic heterocycles. The van der Waals surface area contributed by atoms with Gasteiger partial charge in [0.25, 0.3) is 5.91 Å². The van der Waals surface area contributed by atoms with Crippen molar-refractivity contribution < 1.29 is 14.7 Å². The first-order chi connectivity index (χ1) is 13.8. The van der Waals surface area contributed by atoms with Crippen molar-refractivity contribution in [3.8, 4) is 0 Å². The van der Waals surface area contributed by atoms with Gasteiger partial charge in [0.15, 0.2) is 0 Å². The van der Waals surface area contributed by atoms with Crippen molar-refractivity contribution in [2.75, 3.05) is 0 Å². The summed E-state index contributed by atoms with van der Waals surface area (Å²) in [7, 11) is 0. The van der Waals surface area contributed by atoms with Gasteiger partial charge in [0.2, 0.25) is 0 Å². The Morgan fingerprint density at radius 1 is 1.14 bits per heavy atom. The van der Waals surface area contributed by atoms with E-state index in [1.165, 1.54) is 22.9 Å². The van der Waals surface area contributed by atoms with Gasteiger partial charge in [-0.25, -0.2) is 10.2 Å². The van der Waals surface area contributed by atoms with Crippen molar-refractivity contribution in [3.63, 3.8) is 0 Å². The number of benzene rings is 2. The summed E-state index contributed by atoms with van der Waals surface area (Å²) in [6.45, 7) is 0.111. The predicted octanol–water partition coefficient (Wildman–Crippen LogP) is 3.73. The number of amides is 1. The third-order valence-electron chi connectivity index (χ3n) is 3.83. The van der Waals surface area contributed by atoms with E-state index in [0.29, 0.717) is 21.0 Å². The minimum absolute atomic E-state index is 0.111. The van der Waals surface area contributed by atoms with E-state index in [4.69, 9.17) is 28.3 Å². The van der Waals surface area contributed by atoms with Crippen LogP contribution in [0.2, 0.25) is 10.2 Å². The fourth-order valence-electron chi connectivity index (χ4n) is 2.42. The Balaban J connectivity index is 1.73. The zero-order valence-electron chi connectivity index (χ0n) is 14.6. The van der Waals surface area contributed by atoms with Crippen molar-refractivity contribution in [2.24, 2.45) is 5.10 Å². The largest absolute Gasteiger partial charge is 0.478 e. The van der Waals surface area contributed by atoms with Gasteiger partial charge in [-0.15, -0.1) is 0 Å². The highest BCUT2D eigenvalue weighted by Gasteiger charge is 2.13. The van der Waals surface area contributed by atoms with Crippen LogP contribution in [0.25, 0.3) is 0 Å². The summed E-state index contributed by atoms with van der Waals surface area (Å²) in [5.74, 6) is -1.49. The number of carboxylic acids is 1. The van der Waals surface area contributed by atoms with Gasteiger partial charge in [0.05, 0.1) is 23.2 Å². The number of hydrogen-bond donors (Lipinski definition) is 2. The van der Waals surface area contributed by atoms with Gasteiger partial charge in [-0.1, -0.05) is 46.7 Å². The monoisotopic (exact) mass is 449 g/mol. The number of carboxylic acid groups (broad SMARTS) is 1. The van der Waals surface area contributed by atoms with Gasteiger partial charge in [-0.3, -0.25) is 14.2 Å². The first-order valence-corrected chi connectivity index (χ1v) is 9.72. The number of aromatic nitrogens is 1. The molecule has 0 radical (unpaired) electrons. The van der Waals surface area contributed by atoms with E-state index in [0.717, 1.165) is 11.3 Å². The molecule has 1 aromatic heterocycles. The predicted molar refractivity (Wildman–Crippen MR) is 113 cm³/mol. The molecule has 0 atom stereocenters. The normalized spacial score (nSPS) is 11.0. The van der Waals surface area contributed by atoms with Crippen LogP contribution in [0.4, 0.5) is 0 Å². The molecule has 0 saturated carbocycles. The molecule has 148 valence electrons. The lowest BCUT2D eigenvalue weighted by Crippen LogP contribution is -2.17. The molecule has 2 aromatic carbocycles. The van der Waals surface area contributed by atoms with Gasteiger partial charge < -0.3 is 5.11 Å². The van der Waals surface area contributed by atoms with Crippen LogP contribution >= 0.6 is 34.5 Å². The van der Waals surface area contributed by atoms with Crippen molar-refractivity contribution >= 4 is 52.6 Å². The first-order valence-electron chi connectivity index (χ1n) is 8.15. The molecule has 0 saturated heterocycles. The number of nitrogens with zero attached hydrogens (tertiary/aromatic N) is 2. The molecule has 1 amide bonds. The highest BCUT2D eigenvalue weighted by atomic mass is 35.5. The molecule has 0 aliphatic rings. The lowest BCUT2D eigenvalue weighted by Gasteiger charge is -2.05. The summed E-state index contributed by atoms with van der Waals surface area (Å²) in [5.41, 5.74) is 3.46. The molecule has 3 rings (SSSR count). The molecule has 0 bridgehead atoms. The minimum Gasteiger partial charge on any atom is -0.478 e. The summed E-state index contributed by atoms with van der Waals surface area (Å²) in [4.78, 5) is 35.4. The van der Waals surface area contributed by atoms with Crippen LogP contribution in [0.5, 0.6) is 0 Å². The third-order valence-corrected chi connectivity index (χ3v) is 5.51. The highest BCUT2D eigenvalue weighted by molar-refractivity contribution is 7.11. The SMILES string of the molecule is O=C(O)c1cccc(Cn2c(Cl)c(/C=N/NC(=O)c3ccc(Cl)cc3)sc2=O)c1. The Morgan fingerprint density at radius 2 is 1.86 bits per heavy atom. The van der Waals surface area contributed by atoms with E-state index in [1.807, 2.05) is 0 Å². The summed E-state index contributed by atoms with van der Waals surface area (Å²) in [6.07, 6.45) is 1.28. The Hall–Kier alpha value is -2.94. The molecule has 3 aromatic rings. The van der Waals surface area contributed by atoms with Crippen molar-refractivity contribution in [3.05, 3.63) is 89.9 Å². The number of halogens is 2. The standard InChI is InChI=1S/C19H13Cl2N3O4S/c20-14-6-4-12(5-7-14)17(25)23-22-9-15-16(21)24(19(28)29-15)10-11-2-1-3-13(8-11)18(26)27/h1-9H,10H2,(H,23,25)(H,26,27)/b22-9+. The van der Waals surface area contributed by atoms with Crippen LogP contribution < -0.4 is 10.3 Å². The Morgan fingerprint density at radius 3 is 2.55 bits per heavy atom. The highest BCUT2D eigenvalue weighted by Crippen LogP contribution is 2.19. The third kappa shape index (κ3) is 5.11. The van der Waals surface area contributed by atoms with Crippen LogP contribution in [0.1, 0.15) is 31.2 Å². The van der Waals surface area contributed by atoms with E-state index in [-0.39, 0.29) is 22.1 Å². The second kappa shape index (κ2) is 9.04. The maximum Gasteiger partial charge on any atom is 0.335 e. The van der Waals surface area contributed by atoms with Crippen LogP contribution in [-0.4, -0.2) is 27.8 Å². The topological polar surface area (TPSA) is 101 Å². The number of hydrazone groups is 1. The molecule has 0 fully saturated rings. The van der Waals surface area contributed by atoms with Crippen molar-refractivity contribution in [1.29, 1.82) is 0 Å². The van der Waals surface area contributed by atoms with E-state index in [2.05, 4.69) is 10.5 Å². The first kappa shape index (κ1) is 20.8. The van der Waals surface area contributed by atoms with Gasteiger partial charge in [0, 0.05) is 10.6 Å². The average Bonchev–Trinajstić information content (AvgIpc) is 2.96. The number of thiazole rings is 1. The molecule has 0 aliphatic carbocycles. The van der Waals surface area contributed by atoms with Crippen LogP contribution in [0.15, 0.2) is 58.4 Å². The fraction of sp³-hybridized carbons (Fsp3) is 0.0526. The van der Waals surface area contributed by atoms with Gasteiger partial charge in [-0.05, 0) is 42.0 Å². The lowest BCUT2D eigenvalue weighted by atomic mass is 10.1. The molecular formula is C19H13Cl2N3O4S. The maximum atomic E-state index is 12.3. The summed E-state index contributed by atoms with van der Waals surface area (Å²) >= 11 is 12.9. The zero-order valence-corrected chi connectivity index (χ0v) is 17.0. The summed E-state index contributed by atoms with van der Waals surface area (Å²) < 4.78 is 1.30. The number of hydrogen-bond acceptors (Lipinski definition) is 5. The molecule has 7 nitrogen and oxygen atoms in total. The second-order valence-corrected chi connectivity index (χ2v) is 7.61. The van der Waals surface area contributed by atoms with Crippen LogP contribution in [-0.2, 0) is 6.54 Å². The number of carbonyl (C=O) groups excluding carboxylic acids is 1. The number of rotatable bonds is 6. The van der Waals surface area contributed by atoms with Crippen LogP contribution in [0.3, 0.4) is 0 Å². The van der Waals surface area contributed by atoms with E-state index >= 15 is 0 Å². The van der Waals surface area contributed by atoms with E-state index in [9.17, 15) is 14.4 Å². The number of carbonyl (C=O) groups is 2. The maximum absolute atomic E-state index is 12.3. The fourth-order valence-corrected chi connectivity index (χ4v) is 3.65. The quantitative estimate of drug-likeness (QED) is 0.442.